The van der Waals surface area contributed by atoms with Gasteiger partial charge >= 0.3 is 0 Å². The normalized spacial score (nSPS) is 24.8. The van der Waals surface area contributed by atoms with Crippen molar-refractivity contribution in [1.29, 1.82) is 0 Å². The van der Waals surface area contributed by atoms with Crippen LogP contribution < -0.4 is 5.32 Å². The van der Waals surface area contributed by atoms with Gasteiger partial charge in [0.05, 0.1) is 6.61 Å². The average molecular weight is 320 g/mol. The van der Waals surface area contributed by atoms with Crippen LogP contribution in [0, 0.1) is 18.8 Å². The Morgan fingerprint density at radius 2 is 2.17 bits per heavy atom. The molecule has 0 saturated carbocycles. The summed E-state index contributed by atoms with van der Waals surface area (Å²) in [5, 5.41) is 12.0. The maximum atomic E-state index is 5.28. The summed E-state index contributed by atoms with van der Waals surface area (Å²) in [6.45, 7) is 6.93. The molecule has 1 saturated heterocycles. The molecular formula is C16H28N6O. The van der Waals surface area contributed by atoms with Crippen LogP contribution in [0.2, 0.25) is 0 Å². The lowest BCUT2D eigenvalue weighted by Gasteiger charge is -2.27. The van der Waals surface area contributed by atoms with E-state index in [-0.39, 0.29) is 0 Å². The number of hydrogen-bond acceptors (Lipinski definition) is 4. The molecule has 1 aromatic rings. The van der Waals surface area contributed by atoms with Gasteiger partial charge in [-0.25, -0.2) is 0 Å². The van der Waals surface area contributed by atoms with Crippen molar-refractivity contribution in [1.82, 2.24) is 25.0 Å². The van der Waals surface area contributed by atoms with Crippen molar-refractivity contribution in [2.24, 2.45) is 16.8 Å². The minimum atomic E-state index is 0.603. The van der Waals surface area contributed by atoms with E-state index in [1.807, 2.05) is 14.0 Å². The fourth-order valence-electron chi connectivity index (χ4n) is 3.66. The first-order valence-electron chi connectivity index (χ1n) is 8.54. The third-order valence-electron chi connectivity index (χ3n) is 4.98. The Balaban J connectivity index is 1.51. The molecule has 1 fully saturated rings. The maximum Gasteiger partial charge on any atom is 0.193 e. The van der Waals surface area contributed by atoms with Gasteiger partial charge in [-0.2, -0.15) is 0 Å². The Hall–Kier alpha value is -1.63. The molecule has 23 heavy (non-hydrogen) atoms. The summed E-state index contributed by atoms with van der Waals surface area (Å²) in [6, 6.07) is 0. The second-order valence-corrected chi connectivity index (χ2v) is 6.66. The van der Waals surface area contributed by atoms with Gasteiger partial charge in [-0.3, -0.25) is 4.99 Å². The van der Waals surface area contributed by atoms with E-state index in [9.17, 15) is 0 Å². The number of nitrogens with zero attached hydrogens (tertiary/aromatic N) is 5. The van der Waals surface area contributed by atoms with E-state index in [2.05, 4.69) is 30.0 Å². The van der Waals surface area contributed by atoms with Gasteiger partial charge in [0, 0.05) is 52.7 Å². The monoisotopic (exact) mass is 320 g/mol. The van der Waals surface area contributed by atoms with Gasteiger partial charge in [0.25, 0.3) is 0 Å². The molecule has 1 N–H and O–H groups in total. The number of guanidine groups is 1. The van der Waals surface area contributed by atoms with Gasteiger partial charge < -0.3 is 19.5 Å². The van der Waals surface area contributed by atoms with Gasteiger partial charge in [-0.15, -0.1) is 10.2 Å². The number of nitrogens with one attached hydrogen (secondary N) is 1. The zero-order chi connectivity index (χ0) is 16.2. The second-order valence-electron chi connectivity index (χ2n) is 6.66. The largest absolute Gasteiger partial charge is 0.384 e. The van der Waals surface area contributed by atoms with E-state index in [4.69, 9.17) is 4.74 Å². The van der Waals surface area contributed by atoms with Crippen LogP contribution in [0.5, 0.6) is 0 Å². The first-order valence-corrected chi connectivity index (χ1v) is 8.54. The van der Waals surface area contributed by atoms with E-state index in [1.165, 1.54) is 6.42 Å². The number of rotatable bonds is 4. The van der Waals surface area contributed by atoms with Crippen molar-refractivity contribution in [2.75, 3.05) is 40.4 Å². The van der Waals surface area contributed by atoms with E-state index in [1.54, 1.807) is 7.11 Å². The van der Waals surface area contributed by atoms with Crippen molar-refractivity contribution in [3.05, 3.63) is 11.6 Å². The summed E-state index contributed by atoms with van der Waals surface area (Å²) in [4.78, 5) is 6.81. The lowest BCUT2D eigenvalue weighted by atomic mass is 9.99. The van der Waals surface area contributed by atoms with Gasteiger partial charge in [0.2, 0.25) is 0 Å². The highest BCUT2D eigenvalue weighted by molar-refractivity contribution is 5.80. The molecule has 0 amide bonds. The van der Waals surface area contributed by atoms with E-state index in [0.29, 0.717) is 11.8 Å². The number of ether oxygens (including phenoxy) is 1. The first-order chi connectivity index (χ1) is 11.2. The molecule has 0 bridgehead atoms. The van der Waals surface area contributed by atoms with Crippen LogP contribution in [0.15, 0.2) is 4.99 Å². The number of aliphatic imine (C=N–C) groups is 1. The molecule has 2 atom stereocenters. The summed E-state index contributed by atoms with van der Waals surface area (Å²) < 4.78 is 7.53. The van der Waals surface area contributed by atoms with Crippen molar-refractivity contribution >= 4 is 5.96 Å². The molecule has 3 rings (SSSR count). The highest BCUT2D eigenvalue weighted by Gasteiger charge is 2.26. The van der Waals surface area contributed by atoms with E-state index < -0.39 is 0 Å². The van der Waals surface area contributed by atoms with Crippen LogP contribution in [0.4, 0.5) is 0 Å². The Morgan fingerprint density at radius 3 is 2.96 bits per heavy atom. The van der Waals surface area contributed by atoms with Crippen molar-refractivity contribution in [3.8, 4) is 0 Å². The topological polar surface area (TPSA) is 67.6 Å². The van der Waals surface area contributed by atoms with Gasteiger partial charge in [0.1, 0.15) is 11.6 Å². The highest BCUT2D eigenvalue weighted by Crippen LogP contribution is 2.20. The van der Waals surface area contributed by atoms with Crippen molar-refractivity contribution < 1.29 is 4.74 Å². The summed E-state index contributed by atoms with van der Waals surface area (Å²) in [6.07, 6.45) is 3.36. The minimum Gasteiger partial charge on any atom is -0.384 e. The van der Waals surface area contributed by atoms with Crippen molar-refractivity contribution in [2.45, 2.75) is 32.7 Å². The van der Waals surface area contributed by atoms with E-state index >= 15 is 0 Å². The maximum absolute atomic E-state index is 5.28. The molecule has 2 unspecified atom stereocenters. The van der Waals surface area contributed by atoms with Crippen LogP contribution in [0.1, 0.15) is 24.5 Å². The smallest absolute Gasteiger partial charge is 0.193 e. The minimum absolute atomic E-state index is 0.603. The standard InChI is InChI=1S/C16H28N6O/c1-12-19-20-15-5-4-13(10-22(12)15)8-18-16(17-2)21-7-6-14(9-21)11-23-3/h13-14H,4-11H2,1-3H3,(H,17,18). The molecule has 128 valence electrons. The number of aromatic nitrogens is 3. The average Bonchev–Trinajstić information content (AvgIpc) is 3.16. The Kier molecular flexibility index (Phi) is 5.15. The fourth-order valence-corrected chi connectivity index (χ4v) is 3.66. The molecule has 0 radical (unpaired) electrons. The molecule has 3 heterocycles. The Bertz CT molecular complexity index is 555. The summed E-state index contributed by atoms with van der Waals surface area (Å²) in [5.74, 6) is 4.40. The van der Waals surface area contributed by atoms with Crippen LogP contribution in [0.3, 0.4) is 0 Å². The van der Waals surface area contributed by atoms with Crippen LogP contribution in [-0.2, 0) is 17.7 Å². The number of fused-ring (bicyclic) bond motifs is 1. The highest BCUT2D eigenvalue weighted by atomic mass is 16.5. The lowest BCUT2D eigenvalue weighted by molar-refractivity contribution is 0.157. The summed E-state index contributed by atoms with van der Waals surface area (Å²) >= 11 is 0. The third-order valence-corrected chi connectivity index (χ3v) is 4.98. The zero-order valence-corrected chi connectivity index (χ0v) is 14.5. The predicted octanol–water partition coefficient (Wildman–Crippen LogP) is 0.693. The van der Waals surface area contributed by atoms with Crippen LogP contribution >= 0.6 is 0 Å². The molecule has 7 heteroatoms. The number of hydrogen-bond donors (Lipinski definition) is 1. The third kappa shape index (κ3) is 3.65. The lowest BCUT2D eigenvalue weighted by Crippen LogP contribution is -2.43. The number of aryl methyl sites for hydroxylation is 2. The van der Waals surface area contributed by atoms with Crippen LogP contribution in [0.25, 0.3) is 0 Å². The predicted molar refractivity (Wildman–Crippen MR) is 89.5 cm³/mol. The summed E-state index contributed by atoms with van der Waals surface area (Å²) in [5.41, 5.74) is 0. The fraction of sp³-hybridized carbons (Fsp3) is 0.812. The molecular weight excluding hydrogens is 292 g/mol. The van der Waals surface area contributed by atoms with Gasteiger partial charge in [0.15, 0.2) is 5.96 Å². The summed E-state index contributed by atoms with van der Waals surface area (Å²) in [7, 11) is 3.65. The molecule has 2 aliphatic rings. The first kappa shape index (κ1) is 16.2. The molecule has 0 aromatic carbocycles. The van der Waals surface area contributed by atoms with Gasteiger partial charge in [-0.1, -0.05) is 0 Å². The number of methoxy groups -OCH3 is 1. The SMILES string of the molecule is CN=C(NCC1CCc2nnc(C)n2C1)N1CCC(COC)C1. The zero-order valence-electron chi connectivity index (χ0n) is 14.5. The van der Waals surface area contributed by atoms with E-state index in [0.717, 1.165) is 63.2 Å². The second kappa shape index (κ2) is 7.29. The molecule has 7 nitrogen and oxygen atoms in total. The molecule has 0 spiro atoms. The Morgan fingerprint density at radius 1 is 1.30 bits per heavy atom. The quantitative estimate of drug-likeness (QED) is 0.653. The van der Waals surface area contributed by atoms with Crippen molar-refractivity contribution in [3.63, 3.8) is 0 Å². The number of likely N-dealkylation sites (tertiary alicyclic amines) is 1. The molecule has 0 aliphatic carbocycles. The van der Waals surface area contributed by atoms with Gasteiger partial charge in [-0.05, 0) is 25.7 Å². The molecule has 1 aromatic heterocycles. The molecule has 2 aliphatic heterocycles. The van der Waals surface area contributed by atoms with Crippen LogP contribution in [-0.4, -0.2) is 66.0 Å². The Labute approximate surface area is 138 Å².